The van der Waals surface area contributed by atoms with E-state index in [1.54, 1.807) is 0 Å². The highest BCUT2D eigenvalue weighted by Gasteiger charge is 2.19. The maximum absolute atomic E-state index is 10.2. The van der Waals surface area contributed by atoms with Crippen molar-refractivity contribution in [3.05, 3.63) is 10.1 Å². The molecule has 0 aromatic rings. The molecule has 0 aliphatic heterocycles. The van der Waals surface area contributed by atoms with Crippen LogP contribution in [0.15, 0.2) is 0 Å². The molecule has 0 radical (unpaired) electrons. The summed E-state index contributed by atoms with van der Waals surface area (Å²) in [5, 5.41) is 10.2. The van der Waals surface area contributed by atoms with Crippen molar-refractivity contribution >= 4 is 0 Å². The zero-order valence-electron chi connectivity index (χ0n) is 6.94. The van der Waals surface area contributed by atoms with Gasteiger partial charge in [0.25, 0.3) is 0 Å². The maximum atomic E-state index is 10.2. The van der Waals surface area contributed by atoms with Gasteiger partial charge in [-0.1, -0.05) is 0 Å². The zero-order chi connectivity index (χ0) is 8.85. The minimum Gasteiger partial charge on any atom is -0.356 e. The molecule has 0 aliphatic rings. The van der Waals surface area contributed by atoms with Gasteiger partial charge in [0.2, 0.25) is 6.04 Å². The smallest absolute Gasteiger partial charge is 0.215 e. The molecular formula is C6H13NO4. The van der Waals surface area contributed by atoms with Gasteiger partial charge < -0.3 is 9.47 Å². The van der Waals surface area contributed by atoms with E-state index in [2.05, 4.69) is 0 Å². The predicted molar refractivity (Wildman–Crippen MR) is 38.9 cm³/mol. The van der Waals surface area contributed by atoms with E-state index in [1.165, 1.54) is 21.1 Å². The van der Waals surface area contributed by atoms with Crippen molar-refractivity contribution in [3.63, 3.8) is 0 Å². The van der Waals surface area contributed by atoms with Crippen LogP contribution in [0.25, 0.3) is 0 Å². The lowest BCUT2D eigenvalue weighted by molar-refractivity contribution is -0.522. The Kier molecular flexibility index (Phi) is 4.72. The van der Waals surface area contributed by atoms with E-state index in [4.69, 9.17) is 9.47 Å². The molecule has 1 unspecified atom stereocenters. The third kappa shape index (κ3) is 3.90. The maximum Gasteiger partial charge on any atom is 0.215 e. The second-order valence-corrected chi connectivity index (χ2v) is 2.27. The van der Waals surface area contributed by atoms with Crippen molar-refractivity contribution in [2.45, 2.75) is 25.7 Å². The van der Waals surface area contributed by atoms with E-state index in [-0.39, 0.29) is 11.3 Å². The first kappa shape index (κ1) is 10.3. The SMILES string of the molecule is COC(CC(C)[N+](=O)[O-])OC. The highest BCUT2D eigenvalue weighted by atomic mass is 16.7. The van der Waals surface area contributed by atoms with Crippen LogP contribution >= 0.6 is 0 Å². The Morgan fingerprint density at radius 2 is 1.91 bits per heavy atom. The molecule has 0 spiro atoms. The fourth-order valence-corrected chi connectivity index (χ4v) is 0.653. The zero-order valence-corrected chi connectivity index (χ0v) is 6.94. The highest BCUT2D eigenvalue weighted by molar-refractivity contribution is 4.51. The first-order valence-electron chi connectivity index (χ1n) is 3.31. The fourth-order valence-electron chi connectivity index (χ4n) is 0.653. The first-order valence-corrected chi connectivity index (χ1v) is 3.31. The van der Waals surface area contributed by atoms with Crippen molar-refractivity contribution in [2.24, 2.45) is 0 Å². The minimum absolute atomic E-state index is 0.278. The summed E-state index contributed by atoms with van der Waals surface area (Å²) >= 11 is 0. The number of ether oxygens (including phenoxy) is 2. The molecule has 11 heavy (non-hydrogen) atoms. The molecule has 0 bridgehead atoms. The molecule has 5 nitrogen and oxygen atoms in total. The van der Waals surface area contributed by atoms with Crippen molar-refractivity contribution in [1.29, 1.82) is 0 Å². The van der Waals surface area contributed by atoms with Crippen LogP contribution in [0.1, 0.15) is 13.3 Å². The Bertz CT molecular complexity index is 124. The van der Waals surface area contributed by atoms with Crippen molar-refractivity contribution in [1.82, 2.24) is 0 Å². The molecule has 0 amide bonds. The Morgan fingerprint density at radius 1 is 1.45 bits per heavy atom. The molecule has 1 atom stereocenters. The third-order valence-corrected chi connectivity index (χ3v) is 1.42. The van der Waals surface area contributed by atoms with Gasteiger partial charge in [-0.15, -0.1) is 0 Å². The van der Waals surface area contributed by atoms with Crippen LogP contribution in [-0.4, -0.2) is 31.5 Å². The minimum atomic E-state index is -0.625. The van der Waals surface area contributed by atoms with Gasteiger partial charge >= 0.3 is 0 Å². The largest absolute Gasteiger partial charge is 0.356 e. The Labute approximate surface area is 65.4 Å². The summed E-state index contributed by atoms with van der Waals surface area (Å²) in [5.41, 5.74) is 0. The second kappa shape index (κ2) is 5.03. The van der Waals surface area contributed by atoms with Gasteiger partial charge in [0.05, 0.1) is 6.42 Å². The lowest BCUT2D eigenvalue weighted by Crippen LogP contribution is -2.24. The fraction of sp³-hybridized carbons (Fsp3) is 1.00. The van der Waals surface area contributed by atoms with Crippen LogP contribution in [0, 0.1) is 10.1 Å². The second-order valence-electron chi connectivity index (χ2n) is 2.27. The van der Waals surface area contributed by atoms with E-state index in [1.807, 2.05) is 0 Å². The number of hydrogen-bond donors (Lipinski definition) is 0. The quantitative estimate of drug-likeness (QED) is 0.339. The Balaban J connectivity index is 3.71. The summed E-state index contributed by atoms with van der Waals surface area (Å²) in [5.74, 6) is 0. The summed E-state index contributed by atoms with van der Waals surface area (Å²) in [7, 11) is 2.92. The predicted octanol–water partition coefficient (Wildman–Crippen LogP) is 0.661. The normalized spacial score (nSPS) is 13.5. The van der Waals surface area contributed by atoms with Gasteiger partial charge in [-0.25, -0.2) is 0 Å². The van der Waals surface area contributed by atoms with Crippen molar-refractivity contribution in [3.8, 4) is 0 Å². The van der Waals surface area contributed by atoms with Crippen LogP contribution in [0.3, 0.4) is 0 Å². The van der Waals surface area contributed by atoms with Crippen LogP contribution in [0.5, 0.6) is 0 Å². The number of rotatable bonds is 5. The molecule has 0 aliphatic carbocycles. The van der Waals surface area contributed by atoms with Gasteiger partial charge in [0, 0.05) is 26.1 Å². The molecule has 0 N–H and O–H groups in total. The molecule has 66 valence electrons. The van der Waals surface area contributed by atoms with E-state index < -0.39 is 12.3 Å². The van der Waals surface area contributed by atoms with Crippen LogP contribution in [0.4, 0.5) is 0 Å². The van der Waals surface area contributed by atoms with Crippen LogP contribution < -0.4 is 0 Å². The number of methoxy groups -OCH3 is 2. The summed E-state index contributed by atoms with van der Waals surface area (Å²) < 4.78 is 9.59. The molecule has 0 saturated heterocycles. The molecule has 5 heteroatoms. The van der Waals surface area contributed by atoms with Gasteiger partial charge in [0.15, 0.2) is 6.29 Å². The van der Waals surface area contributed by atoms with Gasteiger partial charge in [-0.2, -0.15) is 0 Å². The van der Waals surface area contributed by atoms with Crippen molar-refractivity contribution in [2.75, 3.05) is 14.2 Å². The van der Waals surface area contributed by atoms with E-state index in [9.17, 15) is 10.1 Å². The standard InChI is InChI=1S/C6H13NO4/c1-5(7(8)9)4-6(10-2)11-3/h5-6H,4H2,1-3H3. The average molecular weight is 163 g/mol. The lowest BCUT2D eigenvalue weighted by Gasteiger charge is -2.13. The molecule has 0 aromatic carbocycles. The molecule has 0 saturated carbocycles. The molecular weight excluding hydrogens is 150 g/mol. The Hall–Kier alpha value is -0.680. The van der Waals surface area contributed by atoms with Gasteiger partial charge in [-0.3, -0.25) is 10.1 Å². The summed E-state index contributed by atoms with van der Waals surface area (Å²) in [6, 6.07) is -0.625. The topological polar surface area (TPSA) is 61.6 Å². The van der Waals surface area contributed by atoms with Gasteiger partial charge in [0.1, 0.15) is 0 Å². The van der Waals surface area contributed by atoms with Crippen LogP contribution in [0.2, 0.25) is 0 Å². The monoisotopic (exact) mass is 163 g/mol. The Morgan fingerprint density at radius 3 is 2.18 bits per heavy atom. The van der Waals surface area contributed by atoms with Crippen molar-refractivity contribution < 1.29 is 14.4 Å². The third-order valence-electron chi connectivity index (χ3n) is 1.42. The van der Waals surface area contributed by atoms with E-state index in [0.717, 1.165) is 0 Å². The molecule has 0 aromatic heterocycles. The number of nitro groups is 1. The lowest BCUT2D eigenvalue weighted by atomic mass is 10.2. The van der Waals surface area contributed by atoms with E-state index in [0.29, 0.717) is 0 Å². The average Bonchev–Trinajstić information content (AvgIpc) is 1.99. The summed E-state index contributed by atoms with van der Waals surface area (Å²) in [6.45, 7) is 1.52. The molecule has 0 heterocycles. The summed E-state index contributed by atoms with van der Waals surface area (Å²) in [4.78, 5) is 9.80. The highest BCUT2D eigenvalue weighted by Crippen LogP contribution is 2.04. The first-order chi connectivity index (χ1) is 5.11. The number of hydrogen-bond acceptors (Lipinski definition) is 4. The molecule has 0 fully saturated rings. The van der Waals surface area contributed by atoms with Crippen LogP contribution in [-0.2, 0) is 9.47 Å². The number of nitrogens with zero attached hydrogens (tertiary/aromatic N) is 1. The van der Waals surface area contributed by atoms with E-state index >= 15 is 0 Å². The summed E-state index contributed by atoms with van der Waals surface area (Å²) in [6.07, 6.45) is -0.199. The van der Waals surface area contributed by atoms with Gasteiger partial charge in [-0.05, 0) is 0 Å². The molecule has 0 rings (SSSR count).